The van der Waals surface area contributed by atoms with Crippen LogP contribution < -0.4 is 0 Å². The fourth-order valence-corrected chi connectivity index (χ4v) is 3.05. The molecule has 0 aliphatic carbocycles. The molecule has 0 unspecified atom stereocenters. The van der Waals surface area contributed by atoms with E-state index in [-0.39, 0.29) is 18.2 Å². The first-order valence-corrected chi connectivity index (χ1v) is 8.36. The first-order chi connectivity index (χ1) is 10.7. The number of ether oxygens (including phenoxy) is 1. The van der Waals surface area contributed by atoms with Gasteiger partial charge in [0.1, 0.15) is 6.61 Å². The van der Waals surface area contributed by atoms with Crippen molar-refractivity contribution in [3.63, 3.8) is 0 Å². The van der Waals surface area contributed by atoms with Gasteiger partial charge in [0.2, 0.25) is 0 Å². The summed E-state index contributed by atoms with van der Waals surface area (Å²) in [5.74, 6) is 0. The van der Waals surface area contributed by atoms with E-state index < -0.39 is 0 Å². The number of rotatable bonds is 6. The van der Waals surface area contributed by atoms with Crippen molar-refractivity contribution < 1.29 is 14.6 Å². The number of benzene rings is 1. The topological polar surface area (TPSA) is 49.8 Å². The van der Waals surface area contributed by atoms with E-state index in [1.54, 1.807) is 0 Å². The molecule has 22 heavy (non-hydrogen) atoms. The van der Waals surface area contributed by atoms with E-state index in [2.05, 4.69) is 6.92 Å². The molecule has 1 aromatic carbocycles. The largest absolute Gasteiger partial charge is 0.445 e. The van der Waals surface area contributed by atoms with E-state index in [9.17, 15) is 9.90 Å². The summed E-state index contributed by atoms with van der Waals surface area (Å²) in [7, 11) is 0. The monoisotopic (exact) mass is 305 g/mol. The Kier molecular flexibility index (Phi) is 6.72. The van der Waals surface area contributed by atoms with Crippen molar-refractivity contribution in [1.82, 2.24) is 4.90 Å². The Balaban J connectivity index is 1.87. The Labute approximate surface area is 133 Å². The van der Waals surface area contributed by atoms with E-state index in [1.807, 2.05) is 35.2 Å². The van der Waals surface area contributed by atoms with Crippen LogP contribution in [0.2, 0.25) is 0 Å². The Bertz CT molecular complexity index is 449. The van der Waals surface area contributed by atoms with Gasteiger partial charge in [-0.3, -0.25) is 0 Å². The molecule has 0 radical (unpaired) electrons. The van der Waals surface area contributed by atoms with Gasteiger partial charge >= 0.3 is 6.09 Å². The fourth-order valence-electron chi connectivity index (χ4n) is 3.05. The zero-order valence-electron chi connectivity index (χ0n) is 13.4. The van der Waals surface area contributed by atoms with Gasteiger partial charge in [0.05, 0.1) is 6.10 Å². The van der Waals surface area contributed by atoms with E-state index in [1.165, 1.54) is 0 Å². The minimum absolute atomic E-state index is 0.110. The average molecular weight is 305 g/mol. The summed E-state index contributed by atoms with van der Waals surface area (Å²) in [4.78, 5) is 14.2. The van der Waals surface area contributed by atoms with Crippen molar-refractivity contribution in [2.75, 3.05) is 6.54 Å². The number of carbonyl (C=O) groups excluding carboxylic acids is 1. The summed E-state index contributed by atoms with van der Waals surface area (Å²) in [6.07, 6.45) is 4.94. The smallest absolute Gasteiger partial charge is 0.410 e. The number of aliphatic hydroxyl groups excluding tert-OH is 1. The van der Waals surface area contributed by atoms with Crippen LogP contribution >= 0.6 is 0 Å². The van der Waals surface area contributed by atoms with Gasteiger partial charge in [-0.15, -0.1) is 0 Å². The normalized spacial score (nSPS) is 19.7. The van der Waals surface area contributed by atoms with Gasteiger partial charge in [-0.25, -0.2) is 4.79 Å². The maximum absolute atomic E-state index is 12.3. The Morgan fingerprint density at radius 1 is 1.36 bits per heavy atom. The second-order valence-electron chi connectivity index (χ2n) is 6.06. The second-order valence-corrected chi connectivity index (χ2v) is 6.06. The van der Waals surface area contributed by atoms with Crippen LogP contribution in [0.15, 0.2) is 30.3 Å². The third-order valence-corrected chi connectivity index (χ3v) is 4.23. The lowest BCUT2D eigenvalue weighted by molar-refractivity contribution is 0.0467. The van der Waals surface area contributed by atoms with Crippen LogP contribution in [0.25, 0.3) is 0 Å². The highest BCUT2D eigenvalue weighted by Gasteiger charge is 2.29. The summed E-state index contributed by atoms with van der Waals surface area (Å²) in [5.41, 5.74) is 0.996. The summed E-state index contributed by atoms with van der Waals surface area (Å²) in [5, 5.41) is 10.0. The molecule has 1 aliphatic heterocycles. The molecule has 0 spiro atoms. The van der Waals surface area contributed by atoms with Crippen molar-refractivity contribution in [3.05, 3.63) is 35.9 Å². The predicted molar refractivity (Wildman–Crippen MR) is 86.5 cm³/mol. The highest BCUT2D eigenvalue weighted by atomic mass is 16.6. The average Bonchev–Trinajstić information content (AvgIpc) is 2.54. The molecule has 1 N–H and O–H groups in total. The minimum atomic E-state index is -0.322. The van der Waals surface area contributed by atoms with Crippen molar-refractivity contribution in [2.45, 2.75) is 64.2 Å². The number of nitrogens with zero attached hydrogens (tertiary/aromatic N) is 1. The van der Waals surface area contributed by atoms with Crippen LogP contribution in [0, 0.1) is 0 Å². The lowest BCUT2D eigenvalue weighted by Crippen LogP contribution is -2.45. The van der Waals surface area contributed by atoms with Crippen molar-refractivity contribution in [2.24, 2.45) is 0 Å². The van der Waals surface area contributed by atoms with Crippen molar-refractivity contribution >= 4 is 6.09 Å². The zero-order chi connectivity index (χ0) is 15.8. The van der Waals surface area contributed by atoms with Crippen LogP contribution in [0.4, 0.5) is 4.79 Å². The number of hydrogen-bond donors (Lipinski definition) is 1. The van der Waals surface area contributed by atoms with Gasteiger partial charge in [-0.2, -0.15) is 0 Å². The Morgan fingerprint density at radius 3 is 2.86 bits per heavy atom. The summed E-state index contributed by atoms with van der Waals surface area (Å²) in [6, 6.07) is 9.83. The molecule has 0 aromatic heterocycles. The quantitative estimate of drug-likeness (QED) is 0.871. The third kappa shape index (κ3) is 5.02. The standard InChI is InChI=1S/C18H27NO3/c1-2-8-17(20)13-16-11-6-7-12-19(16)18(21)22-14-15-9-4-3-5-10-15/h3-5,9-10,16-17,20H,2,6-8,11-14H2,1H3/t16-,17-/m1/s1. The molecular formula is C18H27NO3. The van der Waals surface area contributed by atoms with E-state index in [4.69, 9.17) is 4.74 Å². The fraction of sp³-hybridized carbons (Fsp3) is 0.611. The van der Waals surface area contributed by atoms with E-state index in [0.717, 1.165) is 44.2 Å². The predicted octanol–water partition coefficient (Wildman–Crippen LogP) is 3.73. The Morgan fingerprint density at radius 2 is 2.14 bits per heavy atom. The molecule has 1 fully saturated rings. The van der Waals surface area contributed by atoms with Crippen LogP contribution in [-0.4, -0.2) is 34.8 Å². The van der Waals surface area contributed by atoms with Crippen LogP contribution in [0.3, 0.4) is 0 Å². The number of piperidine rings is 1. The maximum atomic E-state index is 12.3. The molecule has 2 rings (SSSR count). The third-order valence-electron chi connectivity index (χ3n) is 4.23. The highest BCUT2D eigenvalue weighted by Crippen LogP contribution is 2.23. The summed E-state index contributed by atoms with van der Waals surface area (Å²) < 4.78 is 5.44. The van der Waals surface area contributed by atoms with E-state index >= 15 is 0 Å². The molecule has 122 valence electrons. The summed E-state index contributed by atoms with van der Waals surface area (Å²) in [6.45, 7) is 3.10. The molecule has 1 aliphatic rings. The van der Waals surface area contributed by atoms with Crippen LogP contribution in [0.1, 0.15) is 51.0 Å². The van der Waals surface area contributed by atoms with Gasteiger partial charge in [0.25, 0.3) is 0 Å². The molecule has 2 atom stereocenters. The molecule has 4 nitrogen and oxygen atoms in total. The number of hydrogen-bond acceptors (Lipinski definition) is 3. The Hall–Kier alpha value is -1.55. The van der Waals surface area contributed by atoms with Gasteiger partial charge in [0, 0.05) is 12.6 Å². The highest BCUT2D eigenvalue weighted by molar-refractivity contribution is 5.68. The van der Waals surface area contributed by atoms with Gasteiger partial charge in [-0.05, 0) is 37.7 Å². The SMILES string of the molecule is CCC[C@@H](O)C[C@H]1CCCCN1C(=O)OCc1ccccc1. The van der Waals surface area contributed by atoms with E-state index in [0.29, 0.717) is 13.0 Å². The second kappa shape index (κ2) is 8.79. The number of amides is 1. The number of aliphatic hydroxyl groups is 1. The van der Waals surface area contributed by atoms with Crippen molar-refractivity contribution in [1.29, 1.82) is 0 Å². The first kappa shape index (κ1) is 16.8. The molecule has 1 heterocycles. The molecular weight excluding hydrogens is 278 g/mol. The van der Waals surface area contributed by atoms with Crippen LogP contribution in [-0.2, 0) is 11.3 Å². The first-order valence-electron chi connectivity index (χ1n) is 8.36. The summed E-state index contributed by atoms with van der Waals surface area (Å²) >= 11 is 0. The van der Waals surface area contributed by atoms with Gasteiger partial charge in [-0.1, -0.05) is 43.7 Å². The molecule has 1 saturated heterocycles. The molecule has 1 amide bonds. The van der Waals surface area contributed by atoms with Gasteiger partial charge in [0.15, 0.2) is 0 Å². The molecule has 4 heteroatoms. The minimum Gasteiger partial charge on any atom is -0.445 e. The lowest BCUT2D eigenvalue weighted by Gasteiger charge is -2.36. The number of carbonyl (C=O) groups is 1. The molecule has 0 bridgehead atoms. The van der Waals surface area contributed by atoms with Crippen molar-refractivity contribution in [3.8, 4) is 0 Å². The number of likely N-dealkylation sites (tertiary alicyclic amines) is 1. The maximum Gasteiger partial charge on any atom is 0.410 e. The van der Waals surface area contributed by atoms with Gasteiger partial charge < -0.3 is 14.7 Å². The van der Waals surface area contributed by atoms with Crippen LogP contribution in [0.5, 0.6) is 0 Å². The molecule has 1 aromatic rings. The lowest BCUT2D eigenvalue weighted by atomic mass is 9.96. The molecule has 0 saturated carbocycles. The zero-order valence-corrected chi connectivity index (χ0v) is 13.4.